The zero-order valence-corrected chi connectivity index (χ0v) is 17.3. The maximum absolute atomic E-state index is 14.4. The predicted molar refractivity (Wildman–Crippen MR) is 113 cm³/mol. The van der Waals surface area contributed by atoms with Crippen LogP contribution in [0.25, 0.3) is 0 Å². The molecule has 3 aromatic rings. The molecule has 6 heteroatoms. The van der Waals surface area contributed by atoms with Gasteiger partial charge < -0.3 is 4.74 Å². The van der Waals surface area contributed by atoms with E-state index in [0.717, 1.165) is 11.1 Å². The summed E-state index contributed by atoms with van der Waals surface area (Å²) in [6, 6.07) is 15.4. The number of rotatable bonds is 6. The molecule has 29 heavy (non-hydrogen) atoms. The van der Waals surface area contributed by atoms with E-state index in [0.29, 0.717) is 11.6 Å². The minimum atomic E-state index is -0.802. The number of nitrogens with zero attached hydrogens (tertiary/aromatic N) is 2. The van der Waals surface area contributed by atoms with E-state index in [1.165, 1.54) is 17.0 Å². The minimum absolute atomic E-state index is 0.0537. The van der Waals surface area contributed by atoms with Crippen molar-refractivity contribution >= 4 is 23.3 Å². The molecule has 0 saturated heterocycles. The van der Waals surface area contributed by atoms with Gasteiger partial charge in [-0.05, 0) is 68.3 Å². The highest BCUT2D eigenvalue weighted by Crippen LogP contribution is 2.25. The van der Waals surface area contributed by atoms with Gasteiger partial charge in [0, 0.05) is 16.8 Å². The number of carbonyl (C=O) groups excluding carboxylic acids is 1. The van der Waals surface area contributed by atoms with Gasteiger partial charge in [0.15, 0.2) is 6.10 Å². The van der Waals surface area contributed by atoms with Gasteiger partial charge >= 0.3 is 0 Å². The van der Waals surface area contributed by atoms with Crippen molar-refractivity contribution in [2.45, 2.75) is 33.4 Å². The number of hydrogen-bond acceptors (Lipinski definition) is 3. The Hall–Kier alpha value is -2.92. The maximum atomic E-state index is 14.4. The van der Waals surface area contributed by atoms with Crippen LogP contribution in [-0.2, 0) is 11.3 Å². The zero-order valence-electron chi connectivity index (χ0n) is 16.5. The van der Waals surface area contributed by atoms with E-state index in [4.69, 9.17) is 16.3 Å². The molecule has 4 nitrogen and oxygen atoms in total. The molecule has 0 fully saturated rings. The average Bonchev–Trinajstić information content (AvgIpc) is 2.67. The van der Waals surface area contributed by atoms with Crippen molar-refractivity contribution < 1.29 is 13.9 Å². The fraction of sp³-hybridized carbons (Fsp3) is 0.217. The number of carbonyl (C=O) groups is 1. The van der Waals surface area contributed by atoms with Crippen LogP contribution >= 0.6 is 11.6 Å². The highest BCUT2D eigenvalue weighted by Gasteiger charge is 2.26. The first-order valence-corrected chi connectivity index (χ1v) is 9.63. The number of halogens is 2. The fourth-order valence-corrected chi connectivity index (χ4v) is 3.32. The van der Waals surface area contributed by atoms with E-state index < -0.39 is 11.9 Å². The van der Waals surface area contributed by atoms with Gasteiger partial charge in [0.1, 0.15) is 17.4 Å². The average molecular weight is 413 g/mol. The second-order valence-corrected chi connectivity index (χ2v) is 7.30. The lowest BCUT2D eigenvalue weighted by atomic mass is 10.1. The molecule has 0 aliphatic carbocycles. The summed E-state index contributed by atoms with van der Waals surface area (Å²) in [5, 5.41) is 0.251. The third-order valence-electron chi connectivity index (χ3n) is 4.43. The molecule has 1 amide bonds. The van der Waals surface area contributed by atoms with Gasteiger partial charge in [-0.3, -0.25) is 9.69 Å². The summed E-state index contributed by atoms with van der Waals surface area (Å²) >= 11 is 6.18. The number of aryl methyl sites for hydroxylation is 2. The lowest BCUT2D eigenvalue weighted by Crippen LogP contribution is -2.41. The van der Waals surface area contributed by atoms with E-state index >= 15 is 0 Å². The Kier molecular flexibility index (Phi) is 6.49. The quantitative estimate of drug-likeness (QED) is 0.537. The molecular formula is C23H22ClFN2O2. The Balaban J connectivity index is 1.90. The third kappa shape index (κ3) is 5.12. The molecule has 150 valence electrons. The summed E-state index contributed by atoms with van der Waals surface area (Å²) in [6.07, 6.45) is 0.775. The van der Waals surface area contributed by atoms with Crippen LogP contribution in [0.4, 0.5) is 10.2 Å². The fourth-order valence-electron chi connectivity index (χ4n) is 3.10. The highest BCUT2D eigenvalue weighted by atomic mass is 35.5. The number of amides is 1. The van der Waals surface area contributed by atoms with Crippen LogP contribution in [0.2, 0.25) is 5.02 Å². The van der Waals surface area contributed by atoms with Crippen molar-refractivity contribution in [2.24, 2.45) is 0 Å². The Labute approximate surface area is 174 Å². The Morgan fingerprint density at radius 1 is 1.14 bits per heavy atom. The number of aromatic nitrogens is 1. The Bertz CT molecular complexity index is 971. The van der Waals surface area contributed by atoms with Crippen molar-refractivity contribution in [1.29, 1.82) is 0 Å². The molecule has 1 atom stereocenters. The Morgan fingerprint density at radius 3 is 2.48 bits per heavy atom. The number of anilines is 1. The summed E-state index contributed by atoms with van der Waals surface area (Å²) in [4.78, 5) is 18.9. The molecular weight excluding hydrogens is 391 g/mol. The minimum Gasteiger partial charge on any atom is -0.481 e. The van der Waals surface area contributed by atoms with E-state index in [2.05, 4.69) is 4.98 Å². The summed E-state index contributed by atoms with van der Waals surface area (Å²) < 4.78 is 20.2. The molecule has 0 saturated carbocycles. The van der Waals surface area contributed by atoms with Crippen molar-refractivity contribution in [3.63, 3.8) is 0 Å². The lowest BCUT2D eigenvalue weighted by molar-refractivity contribution is -0.124. The molecule has 2 aromatic carbocycles. The van der Waals surface area contributed by atoms with Crippen molar-refractivity contribution in [3.05, 3.63) is 88.3 Å². The topological polar surface area (TPSA) is 42.4 Å². The first kappa shape index (κ1) is 20.8. The third-order valence-corrected chi connectivity index (χ3v) is 4.78. The van der Waals surface area contributed by atoms with Crippen LogP contribution in [0.15, 0.2) is 60.8 Å². The lowest BCUT2D eigenvalue weighted by Gasteiger charge is -2.26. The summed E-state index contributed by atoms with van der Waals surface area (Å²) in [5.74, 6) is 0.178. The predicted octanol–water partition coefficient (Wildman–Crippen LogP) is 5.49. The molecule has 0 aliphatic heterocycles. The molecule has 0 spiro atoms. The summed E-state index contributed by atoms with van der Waals surface area (Å²) in [5.41, 5.74) is 2.31. The number of hydrogen-bond donors (Lipinski definition) is 0. The molecule has 0 aliphatic rings. The van der Waals surface area contributed by atoms with Gasteiger partial charge in [-0.1, -0.05) is 29.8 Å². The molecule has 1 unspecified atom stereocenters. The zero-order chi connectivity index (χ0) is 21.0. The maximum Gasteiger partial charge on any atom is 0.269 e. The van der Waals surface area contributed by atoms with Gasteiger partial charge in [0.25, 0.3) is 5.91 Å². The first-order valence-electron chi connectivity index (χ1n) is 9.25. The second-order valence-electron chi connectivity index (χ2n) is 6.90. The van der Waals surface area contributed by atoms with Gasteiger partial charge in [0.2, 0.25) is 0 Å². The van der Waals surface area contributed by atoms with E-state index in [1.54, 1.807) is 37.4 Å². The number of pyridine rings is 1. The number of ether oxygens (including phenoxy) is 1. The van der Waals surface area contributed by atoms with Gasteiger partial charge in [-0.15, -0.1) is 0 Å². The normalized spacial score (nSPS) is 11.8. The highest BCUT2D eigenvalue weighted by molar-refractivity contribution is 6.31. The van der Waals surface area contributed by atoms with Crippen LogP contribution in [-0.4, -0.2) is 17.0 Å². The molecule has 0 bridgehead atoms. The SMILES string of the molecule is Cc1cc(C)cc(OC(C)C(=O)N(Cc2c(F)cccc2Cl)c2ccccn2)c1. The number of benzene rings is 2. The van der Waals surface area contributed by atoms with Crippen LogP contribution in [0.5, 0.6) is 5.75 Å². The van der Waals surface area contributed by atoms with Crippen molar-refractivity contribution in [3.8, 4) is 5.75 Å². The first-order chi connectivity index (χ1) is 13.8. The molecule has 0 radical (unpaired) electrons. The smallest absolute Gasteiger partial charge is 0.269 e. The van der Waals surface area contributed by atoms with E-state index in [1.807, 2.05) is 32.0 Å². The summed E-state index contributed by atoms with van der Waals surface area (Å²) in [7, 11) is 0. The van der Waals surface area contributed by atoms with Crippen LogP contribution in [0.3, 0.4) is 0 Å². The second kappa shape index (κ2) is 9.05. The van der Waals surface area contributed by atoms with Crippen LogP contribution < -0.4 is 9.64 Å². The van der Waals surface area contributed by atoms with Gasteiger partial charge in [-0.25, -0.2) is 9.37 Å². The van der Waals surface area contributed by atoms with Gasteiger partial charge in [0.05, 0.1) is 6.54 Å². The summed E-state index contributed by atoms with van der Waals surface area (Å²) in [6.45, 7) is 5.54. The molecule has 1 aromatic heterocycles. The van der Waals surface area contributed by atoms with Crippen LogP contribution in [0.1, 0.15) is 23.6 Å². The van der Waals surface area contributed by atoms with Crippen molar-refractivity contribution in [1.82, 2.24) is 4.98 Å². The van der Waals surface area contributed by atoms with Crippen molar-refractivity contribution in [2.75, 3.05) is 4.90 Å². The monoisotopic (exact) mass is 412 g/mol. The van der Waals surface area contributed by atoms with Crippen LogP contribution in [0, 0.1) is 19.7 Å². The van der Waals surface area contributed by atoms with E-state index in [9.17, 15) is 9.18 Å². The molecule has 3 rings (SSSR count). The van der Waals surface area contributed by atoms with E-state index in [-0.39, 0.29) is 23.0 Å². The molecule has 0 N–H and O–H groups in total. The Morgan fingerprint density at radius 2 is 1.86 bits per heavy atom. The molecule has 1 heterocycles. The standard InChI is InChI=1S/C23H22ClFN2O2/c1-15-11-16(2)13-18(12-15)29-17(3)23(28)27(22-9-4-5-10-26-22)14-19-20(24)7-6-8-21(19)25/h4-13,17H,14H2,1-3H3. The van der Waals surface area contributed by atoms with Gasteiger partial charge in [-0.2, -0.15) is 0 Å². The largest absolute Gasteiger partial charge is 0.481 e.